The number of hydrogen-bond acceptors (Lipinski definition) is 0. The van der Waals surface area contributed by atoms with E-state index in [2.05, 4.69) is 33.4 Å². The van der Waals surface area contributed by atoms with Crippen LogP contribution in [-0.2, 0) is 0 Å². The summed E-state index contributed by atoms with van der Waals surface area (Å²) in [6.45, 7) is 10.1. The van der Waals surface area contributed by atoms with Crippen molar-refractivity contribution < 1.29 is 0 Å². The maximum atomic E-state index is 5.71. The normalized spacial score (nSPS) is 13.2. The molecule has 0 bridgehead atoms. The molecule has 0 aromatic heterocycles. The second-order valence-corrected chi connectivity index (χ2v) is 3.75. The van der Waals surface area contributed by atoms with E-state index in [9.17, 15) is 0 Å². The molecule has 0 fully saturated rings. The molecule has 0 aromatic rings. The number of halogens is 1. The monoisotopic (exact) mass is 198 g/mol. The highest BCUT2D eigenvalue weighted by Gasteiger charge is 1.92. The van der Waals surface area contributed by atoms with Gasteiger partial charge in [-0.3, -0.25) is 0 Å². The Balaban J connectivity index is 4.43. The lowest BCUT2D eigenvalue weighted by Crippen LogP contribution is -1.80. The fraction of sp³-hybridized carbons (Fsp3) is 0.500. The van der Waals surface area contributed by atoms with Gasteiger partial charge < -0.3 is 0 Å². The Bertz CT molecular complexity index is 221. The molecule has 0 aliphatic heterocycles. The van der Waals surface area contributed by atoms with Crippen LogP contribution < -0.4 is 0 Å². The van der Waals surface area contributed by atoms with Crippen LogP contribution in [0.3, 0.4) is 0 Å². The van der Waals surface area contributed by atoms with Crippen molar-refractivity contribution in [2.75, 3.05) is 0 Å². The molecule has 0 N–H and O–H groups in total. The van der Waals surface area contributed by atoms with Gasteiger partial charge in [-0.15, -0.1) is 0 Å². The van der Waals surface area contributed by atoms with E-state index in [1.54, 1.807) is 0 Å². The van der Waals surface area contributed by atoms with Gasteiger partial charge in [0.15, 0.2) is 0 Å². The van der Waals surface area contributed by atoms with E-state index in [-0.39, 0.29) is 0 Å². The van der Waals surface area contributed by atoms with Crippen molar-refractivity contribution in [2.24, 2.45) is 0 Å². The Kier molecular flexibility index (Phi) is 6.70. The minimum Gasteiger partial charge on any atom is -0.0850 e. The highest BCUT2D eigenvalue weighted by molar-refractivity contribution is 6.30. The van der Waals surface area contributed by atoms with Gasteiger partial charge >= 0.3 is 0 Å². The molecule has 0 saturated carbocycles. The van der Waals surface area contributed by atoms with Crippen LogP contribution >= 0.6 is 11.6 Å². The molecule has 0 nitrogen and oxygen atoms in total. The average Bonchev–Trinajstić information content (AvgIpc) is 2.02. The van der Waals surface area contributed by atoms with Gasteiger partial charge in [0.1, 0.15) is 0 Å². The predicted molar refractivity (Wildman–Crippen MR) is 62.0 cm³/mol. The Labute approximate surface area is 87.0 Å². The van der Waals surface area contributed by atoms with Crippen LogP contribution in [0.15, 0.2) is 34.9 Å². The molecular formula is C12H19Cl. The van der Waals surface area contributed by atoms with E-state index >= 15 is 0 Å². The first-order chi connectivity index (χ1) is 6.10. The lowest BCUT2D eigenvalue weighted by Gasteiger charge is -2.01. The van der Waals surface area contributed by atoms with Crippen LogP contribution in [0.25, 0.3) is 0 Å². The van der Waals surface area contributed by atoms with Crippen molar-refractivity contribution in [3.05, 3.63) is 34.9 Å². The molecule has 0 unspecified atom stereocenters. The van der Waals surface area contributed by atoms with Crippen molar-refractivity contribution in [1.29, 1.82) is 0 Å². The molecule has 13 heavy (non-hydrogen) atoms. The van der Waals surface area contributed by atoms with Crippen LogP contribution in [0.4, 0.5) is 0 Å². The molecule has 0 saturated heterocycles. The summed E-state index contributed by atoms with van der Waals surface area (Å²) in [5.41, 5.74) is 2.67. The molecule has 0 amide bonds. The van der Waals surface area contributed by atoms with Gasteiger partial charge in [-0.1, -0.05) is 50.1 Å². The summed E-state index contributed by atoms with van der Waals surface area (Å²) in [4.78, 5) is 0. The Morgan fingerprint density at radius 1 is 1.31 bits per heavy atom. The molecule has 0 atom stereocenters. The Hall–Kier alpha value is -0.490. The van der Waals surface area contributed by atoms with E-state index in [1.807, 2.05) is 6.08 Å². The van der Waals surface area contributed by atoms with Gasteiger partial charge in [-0.2, -0.15) is 0 Å². The van der Waals surface area contributed by atoms with Crippen molar-refractivity contribution in [2.45, 2.75) is 40.0 Å². The molecule has 0 aliphatic carbocycles. The van der Waals surface area contributed by atoms with E-state index < -0.39 is 0 Å². The Morgan fingerprint density at radius 3 is 2.31 bits per heavy atom. The van der Waals surface area contributed by atoms with Crippen LogP contribution in [0.1, 0.15) is 40.0 Å². The van der Waals surface area contributed by atoms with E-state index in [4.69, 9.17) is 11.6 Å². The average molecular weight is 199 g/mol. The Morgan fingerprint density at radius 2 is 1.92 bits per heavy atom. The third-order valence-electron chi connectivity index (χ3n) is 1.83. The first-order valence-corrected chi connectivity index (χ1v) is 5.20. The quantitative estimate of drug-likeness (QED) is 0.556. The summed E-state index contributed by atoms with van der Waals surface area (Å²) in [6.07, 6.45) is 7.50. The lowest BCUT2D eigenvalue weighted by molar-refractivity contribution is 0.901. The first kappa shape index (κ1) is 12.5. The summed E-state index contributed by atoms with van der Waals surface area (Å²) in [6, 6.07) is 0. The third kappa shape index (κ3) is 6.65. The second-order valence-electron chi connectivity index (χ2n) is 3.26. The van der Waals surface area contributed by atoms with Crippen molar-refractivity contribution in [3.63, 3.8) is 0 Å². The second kappa shape index (κ2) is 6.97. The summed E-state index contributed by atoms with van der Waals surface area (Å²) < 4.78 is 0. The maximum absolute atomic E-state index is 5.71. The smallest absolute Gasteiger partial charge is 0.0336 e. The molecule has 0 radical (unpaired) electrons. The number of hydrogen-bond donors (Lipinski definition) is 0. The van der Waals surface area contributed by atoms with E-state index in [0.717, 1.165) is 12.8 Å². The van der Waals surface area contributed by atoms with Gasteiger partial charge in [0.25, 0.3) is 0 Å². The van der Waals surface area contributed by atoms with Crippen LogP contribution in [0.5, 0.6) is 0 Å². The van der Waals surface area contributed by atoms with Crippen molar-refractivity contribution >= 4 is 11.6 Å². The van der Waals surface area contributed by atoms with Crippen molar-refractivity contribution in [3.8, 4) is 0 Å². The minimum absolute atomic E-state index is 0.609. The highest BCUT2D eigenvalue weighted by Crippen LogP contribution is 2.14. The summed E-state index contributed by atoms with van der Waals surface area (Å²) in [7, 11) is 0. The standard InChI is InChI=1S/C12H19Cl/c1-5-7-10(3)8-12(6-2)9-11(4)13/h8-9H,4-7H2,1-3H3/b10-8-,12-9-. The zero-order chi connectivity index (χ0) is 10.3. The van der Waals surface area contributed by atoms with Gasteiger partial charge in [0.2, 0.25) is 0 Å². The topological polar surface area (TPSA) is 0 Å². The fourth-order valence-electron chi connectivity index (χ4n) is 1.23. The molecule has 1 heteroatoms. The molecular weight excluding hydrogens is 180 g/mol. The maximum Gasteiger partial charge on any atom is 0.0336 e. The van der Waals surface area contributed by atoms with E-state index in [1.165, 1.54) is 17.6 Å². The number of allylic oxidation sites excluding steroid dienone is 5. The molecule has 0 heterocycles. The van der Waals surface area contributed by atoms with Gasteiger partial charge in [0, 0.05) is 5.03 Å². The van der Waals surface area contributed by atoms with Gasteiger partial charge in [-0.25, -0.2) is 0 Å². The largest absolute Gasteiger partial charge is 0.0850 e. The SMILES string of the molecule is C=C(Cl)/C=C(\C=C(\C)CCC)CC. The predicted octanol–water partition coefficient (Wildman–Crippen LogP) is 4.82. The first-order valence-electron chi connectivity index (χ1n) is 4.82. The molecule has 0 aliphatic rings. The fourth-order valence-corrected chi connectivity index (χ4v) is 1.37. The molecule has 0 aromatic carbocycles. The zero-order valence-corrected chi connectivity index (χ0v) is 9.62. The third-order valence-corrected chi connectivity index (χ3v) is 1.94. The summed E-state index contributed by atoms with van der Waals surface area (Å²) >= 11 is 5.71. The molecule has 0 rings (SSSR count). The van der Waals surface area contributed by atoms with Crippen LogP contribution in [-0.4, -0.2) is 0 Å². The molecule has 74 valence electrons. The van der Waals surface area contributed by atoms with E-state index in [0.29, 0.717) is 5.03 Å². The summed E-state index contributed by atoms with van der Waals surface area (Å²) in [5.74, 6) is 0. The summed E-state index contributed by atoms with van der Waals surface area (Å²) in [5, 5.41) is 0.609. The molecule has 0 spiro atoms. The highest BCUT2D eigenvalue weighted by atomic mass is 35.5. The number of rotatable bonds is 5. The lowest BCUT2D eigenvalue weighted by atomic mass is 10.1. The van der Waals surface area contributed by atoms with Crippen molar-refractivity contribution in [1.82, 2.24) is 0 Å². The minimum atomic E-state index is 0.609. The van der Waals surface area contributed by atoms with Gasteiger partial charge in [-0.05, 0) is 31.4 Å². The zero-order valence-electron chi connectivity index (χ0n) is 8.86. The van der Waals surface area contributed by atoms with Gasteiger partial charge in [0.05, 0.1) is 0 Å². The van der Waals surface area contributed by atoms with Crippen LogP contribution in [0, 0.1) is 0 Å². The van der Waals surface area contributed by atoms with Crippen LogP contribution in [0.2, 0.25) is 0 Å².